The van der Waals surface area contributed by atoms with Gasteiger partial charge in [-0.1, -0.05) is 27.7 Å². The second-order valence-corrected chi connectivity index (χ2v) is 6.24. The first kappa shape index (κ1) is 17.9. The highest BCUT2D eigenvalue weighted by Gasteiger charge is 2.43. The van der Waals surface area contributed by atoms with Crippen molar-refractivity contribution in [2.24, 2.45) is 0 Å². The van der Waals surface area contributed by atoms with Gasteiger partial charge < -0.3 is 10.1 Å². The number of rotatable bonds is 9. The van der Waals surface area contributed by atoms with Crippen LogP contribution in [0.5, 0.6) is 0 Å². The van der Waals surface area contributed by atoms with E-state index in [1.165, 1.54) is 38.8 Å². The largest absolute Gasteiger partial charge is 0.382 e. The maximum Gasteiger partial charge on any atom is 0.0478 e. The SMILES string of the molecule is CCOCCCN1CC(CC)(CC)NCC1(CC)CC. The van der Waals surface area contributed by atoms with E-state index in [-0.39, 0.29) is 0 Å². The fraction of sp³-hybridized carbons (Fsp3) is 1.00. The topological polar surface area (TPSA) is 24.5 Å². The Morgan fingerprint density at radius 1 is 1.00 bits per heavy atom. The summed E-state index contributed by atoms with van der Waals surface area (Å²) in [6, 6.07) is 0. The molecule has 0 aromatic rings. The van der Waals surface area contributed by atoms with Crippen LogP contribution in [0.3, 0.4) is 0 Å². The molecule has 0 aromatic heterocycles. The molecule has 0 atom stereocenters. The van der Waals surface area contributed by atoms with Gasteiger partial charge in [-0.3, -0.25) is 4.90 Å². The molecule has 3 heteroatoms. The number of hydrogen-bond donors (Lipinski definition) is 1. The van der Waals surface area contributed by atoms with Gasteiger partial charge in [-0.05, 0) is 39.0 Å². The Kier molecular flexibility index (Phi) is 7.49. The molecule has 1 rings (SSSR count). The van der Waals surface area contributed by atoms with E-state index in [0.29, 0.717) is 11.1 Å². The molecule has 0 amide bonds. The highest BCUT2D eigenvalue weighted by atomic mass is 16.5. The molecule has 1 aliphatic heterocycles. The average Bonchev–Trinajstić information content (AvgIpc) is 2.51. The lowest BCUT2D eigenvalue weighted by molar-refractivity contribution is -0.0104. The number of piperazine rings is 1. The molecule has 20 heavy (non-hydrogen) atoms. The number of nitrogens with one attached hydrogen (secondary N) is 1. The highest BCUT2D eigenvalue weighted by molar-refractivity contribution is 5.03. The van der Waals surface area contributed by atoms with Gasteiger partial charge in [-0.2, -0.15) is 0 Å². The minimum atomic E-state index is 0.319. The number of hydrogen-bond acceptors (Lipinski definition) is 3. The first-order valence-electron chi connectivity index (χ1n) is 8.69. The molecule has 0 radical (unpaired) electrons. The maximum absolute atomic E-state index is 5.52. The third-order valence-electron chi connectivity index (χ3n) is 5.55. The molecular weight excluding hydrogens is 248 g/mol. The van der Waals surface area contributed by atoms with Crippen LogP contribution in [0.25, 0.3) is 0 Å². The van der Waals surface area contributed by atoms with Crippen molar-refractivity contribution in [1.29, 1.82) is 0 Å². The Hall–Kier alpha value is -0.120. The van der Waals surface area contributed by atoms with E-state index in [1.807, 2.05) is 0 Å². The smallest absolute Gasteiger partial charge is 0.0478 e. The summed E-state index contributed by atoms with van der Waals surface area (Å²) < 4.78 is 5.52. The molecular formula is C17H36N2O. The predicted octanol–water partition coefficient (Wildman–Crippen LogP) is 3.44. The Morgan fingerprint density at radius 2 is 1.65 bits per heavy atom. The van der Waals surface area contributed by atoms with Crippen LogP contribution in [0.1, 0.15) is 66.7 Å². The normalized spacial score (nSPS) is 22.1. The van der Waals surface area contributed by atoms with Gasteiger partial charge in [0.1, 0.15) is 0 Å². The Labute approximate surface area is 126 Å². The maximum atomic E-state index is 5.52. The van der Waals surface area contributed by atoms with E-state index >= 15 is 0 Å². The van der Waals surface area contributed by atoms with Gasteiger partial charge in [0.25, 0.3) is 0 Å². The first-order valence-corrected chi connectivity index (χ1v) is 8.69. The molecule has 0 bridgehead atoms. The number of nitrogens with zero attached hydrogens (tertiary/aromatic N) is 1. The fourth-order valence-corrected chi connectivity index (χ4v) is 3.54. The van der Waals surface area contributed by atoms with Crippen molar-refractivity contribution in [3.8, 4) is 0 Å². The van der Waals surface area contributed by atoms with E-state index in [4.69, 9.17) is 4.74 Å². The molecule has 0 spiro atoms. The van der Waals surface area contributed by atoms with Gasteiger partial charge in [-0.25, -0.2) is 0 Å². The lowest BCUT2D eigenvalue weighted by atomic mass is 9.80. The highest BCUT2D eigenvalue weighted by Crippen LogP contribution is 2.32. The van der Waals surface area contributed by atoms with Crippen molar-refractivity contribution < 1.29 is 4.74 Å². The molecule has 0 unspecified atom stereocenters. The molecule has 3 nitrogen and oxygen atoms in total. The lowest BCUT2D eigenvalue weighted by Crippen LogP contribution is -2.69. The molecule has 1 saturated heterocycles. The minimum absolute atomic E-state index is 0.319. The van der Waals surface area contributed by atoms with Crippen LogP contribution in [-0.2, 0) is 4.74 Å². The van der Waals surface area contributed by atoms with Crippen molar-refractivity contribution in [2.45, 2.75) is 77.8 Å². The molecule has 1 aliphatic rings. The summed E-state index contributed by atoms with van der Waals surface area (Å²) in [6.45, 7) is 16.6. The van der Waals surface area contributed by atoms with Gasteiger partial charge >= 0.3 is 0 Å². The second kappa shape index (κ2) is 8.35. The Balaban J connectivity index is 2.72. The van der Waals surface area contributed by atoms with Crippen LogP contribution in [0, 0.1) is 0 Å². The Morgan fingerprint density at radius 3 is 2.15 bits per heavy atom. The molecule has 0 saturated carbocycles. The summed E-state index contributed by atoms with van der Waals surface area (Å²) >= 11 is 0. The zero-order valence-corrected chi connectivity index (χ0v) is 14.4. The van der Waals surface area contributed by atoms with Crippen LogP contribution in [0.4, 0.5) is 0 Å². The van der Waals surface area contributed by atoms with Crippen LogP contribution < -0.4 is 5.32 Å². The molecule has 1 N–H and O–H groups in total. The van der Waals surface area contributed by atoms with Gasteiger partial charge in [0, 0.05) is 43.9 Å². The molecule has 120 valence electrons. The zero-order valence-electron chi connectivity index (χ0n) is 14.4. The summed E-state index contributed by atoms with van der Waals surface area (Å²) in [5, 5.41) is 3.88. The lowest BCUT2D eigenvalue weighted by Gasteiger charge is -2.54. The van der Waals surface area contributed by atoms with Crippen molar-refractivity contribution in [3.63, 3.8) is 0 Å². The van der Waals surface area contributed by atoms with Crippen molar-refractivity contribution >= 4 is 0 Å². The quantitative estimate of drug-likeness (QED) is 0.656. The molecule has 1 fully saturated rings. The van der Waals surface area contributed by atoms with E-state index in [0.717, 1.165) is 26.2 Å². The average molecular weight is 284 g/mol. The summed E-state index contributed by atoms with van der Waals surface area (Å²) in [5.41, 5.74) is 0.666. The zero-order chi connectivity index (χ0) is 15.1. The standard InChI is InChI=1S/C17H36N2O/c1-6-16(7-2)15-19(12-11-13-20-10-5)17(8-3,9-4)14-18-16/h18H,6-15H2,1-5H3. The van der Waals surface area contributed by atoms with Crippen LogP contribution >= 0.6 is 0 Å². The van der Waals surface area contributed by atoms with Gasteiger partial charge in [-0.15, -0.1) is 0 Å². The summed E-state index contributed by atoms with van der Waals surface area (Å²) in [5.74, 6) is 0. The molecule has 1 heterocycles. The molecule has 0 aliphatic carbocycles. The summed E-state index contributed by atoms with van der Waals surface area (Å²) in [6.07, 6.45) is 6.05. The third-order valence-corrected chi connectivity index (χ3v) is 5.55. The van der Waals surface area contributed by atoms with E-state index in [9.17, 15) is 0 Å². The van der Waals surface area contributed by atoms with Crippen molar-refractivity contribution in [2.75, 3.05) is 32.8 Å². The van der Waals surface area contributed by atoms with Crippen LogP contribution in [0.2, 0.25) is 0 Å². The summed E-state index contributed by atoms with van der Waals surface area (Å²) in [7, 11) is 0. The molecule has 0 aromatic carbocycles. The fourth-order valence-electron chi connectivity index (χ4n) is 3.54. The van der Waals surface area contributed by atoms with Gasteiger partial charge in [0.15, 0.2) is 0 Å². The summed E-state index contributed by atoms with van der Waals surface area (Å²) in [4.78, 5) is 2.76. The van der Waals surface area contributed by atoms with E-state index in [1.54, 1.807) is 0 Å². The van der Waals surface area contributed by atoms with E-state index in [2.05, 4.69) is 44.8 Å². The van der Waals surface area contributed by atoms with Crippen molar-refractivity contribution in [1.82, 2.24) is 10.2 Å². The van der Waals surface area contributed by atoms with Gasteiger partial charge in [0.2, 0.25) is 0 Å². The first-order chi connectivity index (χ1) is 9.62. The van der Waals surface area contributed by atoms with E-state index < -0.39 is 0 Å². The number of ether oxygens (including phenoxy) is 1. The van der Waals surface area contributed by atoms with Gasteiger partial charge in [0.05, 0.1) is 0 Å². The Bertz CT molecular complexity index is 260. The minimum Gasteiger partial charge on any atom is -0.382 e. The monoisotopic (exact) mass is 284 g/mol. The second-order valence-electron chi connectivity index (χ2n) is 6.24. The van der Waals surface area contributed by atoms with Crippen molar-refractivity contribution in [3.05, 3.63) is 0 Å². The third kappa shape index (κ3) is 3.96. The van der Waals surface area contributed by atoms with Crippen LogP contribution in [0.15, 0.2) is 0 Å². The van der Waals surface area contributed by atoms with Crippen LogP contribution in [-0.4, -0.2) is 48.8 Å². The predicted molar refractivity (Wildman–Crippen MR) is 87.3 cm³/mol.